The van der Waals surface area contributed by atoms with Crippen molar-refractivity contribution < 1.29 is 10.0 Å². The monoisotopic (exact) mass is 239 g/mol. The third-order valence-electron chi connectivity index (χ3n) is 2.30. The zero-order chi connectivity index (χ0) is 12.8. The number of aliphatic hydroxyl groups excluding tert-OH is 1. The SMILES string of the molecule is CC(C)CC(CO)Nc1ncccc1[N+](=O)[O-]. The van der Waals surface area contributed by atoms with Gasteiger partial charge in [0.25, 0.3) is 0 Å². The zero-order valence-electron chi connectivity index (χ0n) is 9.96. The Kier molecular flexibility index (Phi) is 4.84. The minimum absolute atomic E-state index is 0.0743. The molecule has 0 aliphatic rings. The summed E-state index contributed by atoms with van der Waals surface area (Å²) in [6.45, 7) is 3.97. The molecule has 1 unspecified atom stereocenters. The van der Waals surface area contributed by atoms with Crippen LogP contribution in [-0.4, -0.2) is 27.7 Å². The van der Waals surface area contributed by atoms with E-state index in [1.165, 1.54) is 18.3 Å². The number of anilines is 1. The van der Waals surface area contributed by atoms with Crippen LogP contribution in [0.3, 0.4) is 0 Å². The Morgan fingerprint density at radius 1 is 1.59 bits per heavy atom. The smallest absolute Gasteiger partial charge is 0.311 e. The van der Waals surface area contributed by atoms with Crippen molar-refractivity contribution in [1.29, 1.82) is 0 Å². The highest BCUT2D eigenvalue weighted by molar-refractivity contribution is 5.55. The minimum atomic E-state index is -0.487. The second-order valence-electron chi connectivity index (χ2n) is 4.28. The summed E-state index contributed by atoms with van der Waals surface area (Å²) in [4.78, 5) is 14.2. The van der Waals surface area contributed by atoms with E-state index in [9.17, 15) is 15.2 Å². The summed E-state index contributed by atoms with van der Waals surface area (Å²) in [7, 11) is 0. The molecule has 0 radical (unpaired) electrons. The molecule has 1 heterocycles. The van der Waals surface area contributed by atoms with Gasteiger partial charge in [0.05, 0.1) is 17.6 Å². The molecule has 6 heteroatoms. The molecule has 17 heavy (non-hydrogen) atoms. The van der Waals surface area contributed by atoms with Crippen molar-refractivity contribution in [2.75, 3.05) is 11.9 Å². The predicted octanol–water partition coefficient (Wildman–Crippen LogP) is 1.81. The van der Waals surface area contributed by atoms with Gasteiger partial charge in [-0.3, -0.25) is 10.1 Å². The lowest BCUT2D eigenvalue weighted by molar-refractivity contribution is -0.384. The first-order chi connectivity index (χ1) is 8.04. The second-order valence-corrected chi connectivity index (χ2v) is 4.28. The highest BCUT2D eigenvalue weighted by Crippen LogP contribution is 2.22. The lowest BCUT2D eigenvalue weighted by Crippen LogP contribution is -2.26. The molecule has 0 amide bonds. The molecule has 0 aliphatic carbocycles. The summed E-state index contributed by atoms with van der Waals surface area (Å²) in [5.41, 5.74) is -0.0743. The fourth-order valence-electron chi connectivity index (χ4n) is 1.60. The lowest BCUT2D eigenvalue weighted by Gasteiger charge is -2.18. The molecule has 1 aromatic heterocycles. The number of nitrogens with zero attached hydrogens (tertiary/aromatic N) is 2. The first-order valence-electron chi connectivity index (χ1n) is 5.51. The number of pyridine rings is 1. The molecule has 1 aromatic rings. The molecule has 0 saturated carbocycles. The van der Waals surface area contributed by atoms with Crippen molar-refractivity contribution in [3.63, 3.8) is 0 Å². The Bertz CT molecular complexity index is 382. The van der Waals surface area contributed by atoms with E-state index < -0.39 is 4.92 Å². The Balaban J connectivity index is 2.82. The van der Waals surface area contributed by atoms with Gasteiger partial charge in [0.2, 0.25) is 5.82 Å². The van der Waals surface area contributed by atoms with Crippen molar-refractivity contribution in [2.24, 2.45) is 5.92 Å². The molecule has 0 spiro atoms. The molecule has 1 atom stereocenters. The zero-order valence-corrected chi connectivity index (χ0v) is 9.96. The summed E-state index contributed by atoms with van der Waals surface area (Å²) in [6, 6.07) is 2.68. The maximum absolute atomic E-state index is 10.8. The standard InChI is InChI=1S/C11H17N3O3/c1-8(2)6-9(7-15)13-11-10(14(16)17)4-3-5-12-11/h3-5,8-9,15H,6-7H2,1-2H3,(H,12,13). The number of hydrogen-bond acceptors (Lipinski definition) is 5. The Hall–Kier alpha value is -1.69. The van der Waals surface area contributed by atoms with Crippen molar-refractivity contribution in [3.8, 4) is 0 Å². The van der Waals surface area contributed by atoms with E-state index in [-0.39, 0.29) is 24.2 Å². The predicted molar refractivity (Wildman–Crippen MR) is 64.8 cm³/mol. The molecular weight excluding hydrogens is 222 g/mol. The Morgan fingerprint density at radius 2 is 2.29 bits per heavy atom. The van der Waals surface area contributed by atoms with E-state index in [1.54, 1.807) is 0 Å². The van der Waals surface area contributed by atoms with Gasteiger partial charge in [-0.1, -0.05) is 13.8 Å². The Labute approximate surface area is 99.8 Å². The maximum atomic E-state index is 10.8. The normalized spacial score (nSPS) is 12.5. The summed E-state index contributed by atoms with van der Waals surface area (Å²) >= 11 is 0. The number of aliphatic hydroxyl groups is 1. The number of rotatable bonds is 6. The van der Waals surface area contributed by atoms with E-state index in [0.717, 1.165) is 6.42 Å². The third-order valence-corrected chi connectivity index (χ3v) is 2.30. The van der Waals surface area contributed by atoms with Crippen LogP contribution < -0.4 is 5.32 Å². The first kappa shape index (κ1) is 13.4. The van der Waals surface area contributed by atoms with Crippen LogP contribution in [0.2, 0.25) is 0 Å². The number of aromatic nitrogens is 1. The van der Waals surface area contributed by atoms with Gasteiger partial charge < -0.3 is 10.4 Å². The Morgan fingerprint density at radius 3 is 2.82 bits per heavy atom. The van der Waals surface area contributed by atoms with E-state index >= 15 is 0 Å². The van der Waals surface area contributed by atoms with Crippen LogP contribution in [0.15, 0.2) is 18.3 Å². The van der Waals surface area contributed by atoms with Gasteiger partial charge in [-0.15, -0.1) is 0 Å². The molecule has 94 valence electrons. The molecule has 6 nitrogen and oxygen atoms in total. The van der Waals surface area contributed by atoms with Gasteiger partial charge >= 0.3 is 5.69 Å². The lowest BCUT2D eigenvalue weighted by atomic mass is 10.0. The highest BCUT2D eigenvalue weighted by Gasteiger charge is 2.18. The second kappa shape index (κ2) is 6.15. The average molecular weight is 239 g/mol. The summed E-state index contributed by atoms with van der Waals surface area (Å²) < 4.78 is 0. The molecular formula is C11H17N3O3. The fraction of sp³-hybridized carbons (Fsp3) is 0.545. The van der Waals surface area contributed by atoms with Crippen LogP contribution in [-0.2, 0) is 0 Å². The van der Waals surface area contributed by atoms with Crippen LogP contribution in [0.1, 0.15) is 20.3 Å². The number of nitro groups is 1. The summed E-state index contributed by atoms with van der Waals surface area (Å²) in [5.74, 6) is 0.597. The van der Waals surface area contributed by atoms with Gasteiger partial charge in [-0.2, -0.15) is 0 Å². The van der Waals surface area contributed by atoms with Crippen LogP contribution >= 0.6 is 0 Å². The molecule has 2 N–H and O–H groups in total. The molecule has 0 bridgehead atoms. The van der Waals surface area contributed by atoms with Crippen LogP contribution in [0.4, 0.5) is 11.5 Å². The van der Waals surface area contributed by atoms with Crippen molar-refractivity contribution in [3.05, 3.63) is 28.4 Å². The molecule has 1 rings (SSSR count). The van der Waals surface area contributed by atoms with Crippen LogP contribution in [0.25, 0.3) is 0 Å². The fourth-order valence-corrected chi connectivity index (χ4v) is 1.60. The molecule has 0 fully saturated rings. The topological polar surface area (TPSA) is 88.3 Å². The number of nitrogens with one attached hydrogen (secondary N) is 1. The van der Waals surface area contributed by atoms with Crippen molar-refractivity contribution in [2.45, 2.75) is 26.3 Å². The van der Waals surface area contributed by atoms with Gasteiger partial charge in [0.15, 0.2) is 0 Å². The van der Waals surface area contributed by atoms with Crippen molar-refractivity contribution in [1.82, 2.24) is 4.98 Å². The van der Waals surface area contributed by atoms with Gasteiger partial charge in [-0.25, -0.2) is 4.98 Å². The molecule has 0 saturated heterocycles. The quantitative estimate of drug-likeness (QED) is 0.583. The largest absolute Gasteiger partial charge is 0.394 e. The number of hydrogen-bond donors (Lipinski definition) is 2. The minimum Gasteiger partial charge on any atom is -0.394 e. The maximum Gasteiger partial charge on any atom is 0.311 e. The van der Waals surface area contributed by atoms with E-state index in [1.807, 2.05) is 13.8 Å². The molecule has 0 aliphatic heterocycles. The first-order valence-corrected chi connectivity index (χ1v) is 5.51. The summed E-state index contributed by atoms with van der Waals surface area (Å²) in [5, 5.41) is 22.9. The van der Waals surface area contributed by atoms with Crippen LogP contribution in [0, 0.1) is 16.0 Å². The molecule has 0 aromatic carbocycles. The van der Waals surface area contributed by atoms with E-state index in [4.69, 9.17) is 0 Å². The van der Waals surface area contributed by atoms with E-state index in [2.05, 4.69) is 10.3 Å². The average Bonchev–Trinajstić information content (AvgIpc) is 2.28. The summed E-state index contributed by atoms with van der Waals surface area (Å²) in [6.07, 6.45) is 2.21. The van der Waals surface area contributed by atoms with Crippen LogP contribution in [0.5, 0.6) is 0 Å². The third kappa shape index (κ3) is 3.99. The van der Waals surface area contributed by atoms with Gasteiger partial charge in [-0.05, 0) is 18.4 Å². The van der Waals surface area contributed by atoms with Crippen molar-refractivity contribution >= 4 is 11.5 Å². The highest BCUT2D eigenvalue weighted by atomic mass is 16.6. The van der Waals surface area contributed by atoms with E-state index in [0.29, 0.717) is 5.92 Å². The van der Waals surface area contributed by atoms with Gasteiger partial charge in [0.1, 0.15) is 0 Å². The van der Waals surface area contributed by atoms with Gasteiger partial charge in [0, 0.05) is 12.3 Å².